The van der Waals surface area contributed by atoms with Crippen LogP contribution in [0.2, 0.25) is 0 Å². The lowest BCUT2D eigenvalue weighted by Crippen LogP contribution is -2.31. The fraction of sp³-hybridized carbons (Fsp3) is 0.429. The molecule has 3 heterocycles. The Hall–Kier alpha value is -3.60. The predicted octanol–water partition coefficient (Wildman–Crippen LogP) is 2.15. The number of carbonyl (C=O) groups is 1. The third-order valence-corrected chi connectivity index (χ3v) is 5.38. The van der Waals surface area contributed by atoms with Crippen molar-refractivity contribution in [1.29, 1.82) is 0 Å². The topological polar surface area (TPSA) is 140 Å². The van der Waals surface area contributed by atoms with E-state index >= 15 is 0 Å². The van der Waals surface area contributed by atoms with Crippen molar-refractivity contribution in [2.75, 3.05) is 18.8 Å². The standard InChI is InChI=1S/C21H27N9O2/c1-2-9-16(15-10-5-3-6-11-15)23-25-21(31)18-17(14-29-12-7-4-8-13-29)30(28-24-18)20-19(22)26-32-27-20/h3,5-6,10-11H,2,4,7-9,12-14H2,1H3,(H2,22,26)(H,25,31)/b23-16+. The molecule has 1 aliphatic heterocycles. The first-order valence-electron chi connectivity index (χ1n) is 10.8. The Bertz CT molecular complexity index is 1070. The minimum absolute atomic E-state index is 0.0779. The number of hydrazone groups is 1. The minimum Gasteiger partial charge on any atom is -0.378 e. The highest BCUT2D eigenvalue weighted by Gasteiger charge is 2.26. The van der Waals surface area contributed by atoms with Gasteiger partial charge in [-0.15, -0.1) is 5.10 Å². The Morgan fingerprint density at radius 1 is 1.19 bits per heavy atom. The van der Waals surface area contributed by atoms with Gasteiger partial charge in [0.05, 0.1) is 11.4 Å². The van der Waals surface area contributed by atoms with Crippen molar-refractivity contribution < 1.29 is 9.42 Å². The average Bonchev–Trinajstić information content (AvgIpc) is 3.43. The van der Waals surface area contributed by atoms with E-state index in [1.54, 1.807) is 0 Å². The lowest BCUT2D eigenvalue weighted by atomic mass is 10.1. The van der Waals surface area contributed by atoms with Crippen LogP contribution in [0.1, 0.15) is 60.8 Å². The number of piperidine rings is 1. The van der Waals surface area contributed by atoms with Gasteiger partial charge in [0, 0.05) is 6.54 Å². The summed E-state index contributed by atoms with van der Waals surface area (Å²) in [5, 5.41) is 20.1. The molecule has 4 rings (SSSR count). The fourth-order valence-electron chi connectivity index (χ4n) is 3.76. The molecule has 0 spiro atoms. The molecule has 168 valence electrons. The van der Waals surface area contributed by atoms with E-state index in [-0.39, 0.29) is 17.3 Å². The molecule has 0 atom stereocenters. The number of hydrogen-bond acceptors (Lipinski definition) is 9. The van der Waals surface area contributed by atoms with Gasteiger partial charge in [0.25, 0.3) is 5.91 Å². The summed E-state index contributed by atoms with van der Waals surface area (Å²) in [4.78, 5) is 15.3. The van der Waals surface area contributed by atoms with Gasteiger partial charge >= 0.3 is 0 Å². The van der Waals surface area contributed by atoms with E-state index in [2.05, 4.69) is 43.0 Å². The molecule has 0 radical (unpaired) electrons. The molecule has 3 aromatic rings. The monoisotopic (exact) mass is 437 g/mol. The summed E-state index contributed by atoms with van der Waals surface area (Å²) in [6.45, 7) is 4.42. The van der Waals surface area contributed by atoms with Gasteiger partial charge in [0.1, 0.15) is 0 Å². The summed E-state index contributed by atoms with van der Waals surface area (Å²) in [6.07, 6.45) is 5.06. The molecule has 1 fully saturated rings. The number of rotatable bonds is 8. The summed E-state index contributed by atoms with van der Waals surface area (Å²) in [6, 6.07) is 9.78. The minimum atomic E-state index is -0.442. The first kappa shape index (κ1) is 21.6. The Morgan fingerprint density at radius 2 is 1.97 bits per heavy atom. The van der Waals surface area contributed by atoms with E-state index in [1.165, 1.54) is 11.1 Å². The van der Waals surface area contributed by atoms with Gasteiger partial charge in [-0.2, -0.15) is 9.78 Å². The van der Waals surface area contributed by atoms with Crippen LogP contribution in [0.4, 0.5) is 5.82 Å². The van der Waals surface area contributed by atoms with Crippen molar-refractivity contribution in [3.63, 3.8) is 0 Å². The predicted molar refractivity (Wildman–Crippen MR) is 118 cm³/mol. The van der Waals surface area contributed by atoms with E-state index in [4.69, 9.17) is 10.4 Å². The zero-order valence-corrected chi connectivity index (χ0v) is 18.1. The molecule has 2 aromatic heterocycles. The molecule has 11 heteroatoms. The SMILES string of the molecule is CCC/C(=N\NC(=O)c1nnn(-c2nonc2N)c1CN1CCCCC1)c1ccccc1. The normalized spacial score (nSPS) is 15.1. The maximum atomic E-state index is 13.1. The lowest BCUT2D eigenvalue weighted by molar-refractivity contribution is 0.0947. The van der Waals surface area contributed by atoms with Crippen LogP contribution < -0.4 is 11.2 Å². The molecule has 1 aromatic carbocycles. The quantitative estimate of drug-likeness (QED) is 0.403. The summed E-state index contributed by atoms with van der Waals surface area (Å²) in [7, 11) is 0. The first-order chi connectivity index (χ1) is 15.7. The molecule has 1 aliphatic rings. The van der Waals surface area contributed by atoms with Gasteiger partial charge in [-0.1, -0.05) is 55.3 Å². The van der Waals surface area contributed by atoms with E-state index < -0.39 is 5.91 Å². The van der Waals surface area contributed by atoms with Crippen molar-refractivity contribution in [2.24, 2.45) is 5.10 Å². The largest absolute Gasteiger partial charge is 0.378 e. The number of carbonyl (C=O) groups excluding carboxylic acids is 1. The van der Waals surface area contributed by atoms with Crippen LogP contribution in [-0.4, -0.2) is 54.9 Å². The summed E-state index contributed by atoms with van der Waals surface area (Å²) in [5.41, 5.74) is 11.0. The first-order valence-corrected chi connectivity index (χ1v) is 10.8. The lowest BCUT2D eigenvalue weighted by Gasteiger charge is -2.26. The van der Waals surface area contributed by atoms with Crippen LogP contribution in [0, 0.1) is 0 Å². The third kappa shape index (κ3) is 4.83. The maximum absolute atomic E-state index is 13.1. The average molecular weight is 438 g/mol. The highest BCUT2D eigenvalue weighted by Crippen LogP contribution is 2.20. The van der Waals surface area contributed by atoms with Gasteiger partial charge in [-0.05, 0) is 48.2 Å². The number of amides is 1. The molecule has 0 aliphatic carbocycles. The molecule has 0 saturated carbocycles. The number of nitrogen functional groups attached to an aromatic ring is 1. The highest BCUT2D eigenvalue weighted by atomic mass is 16.6. The number of likely N-dealkylation sites (tertiary alicyclic amines) is 1. The number of aromatic nitrogens is 5. The van der Waals surface area contributed by atoms with Crippen LogP contribution in [-0.2, 0) is 6.54 Å². The Labute approximate surface area is 185 Å². The van der Waals surface area contributed by atoms with Gasteiger partial charge in [-0.3, -0.25) is 9.69 Å². The molecule has 0 bridgehead atoms. The summed E-state index contributed by atoms with van der Waals surface area (Å²) >= 11 is 0. The van der Waals surface area contributed by atoms with E-state index in [0.29, 0.717) is 12.2 Å². The van der Waals surface area contributed by atoms with Crippen molar-refractivity contribution in [3.05, 3.63) is 47.3 Å². The maximum Gasteiger partial charge on any atom is 0.293 e. The second-order valence-electron chi connectivity index (χ2n) is 7.72. The number of nitrogens with two attached hydrogens (primary N) is 1. The zero-order chi connectivity index (χ0) is 22.3. The van der Waals surface area contributed by atoms with E-state index in [0.717, 1.165) is 50.0 Å². The highest BCUT2D eigenvalue weighted by molar-refractivity contribution is 6.02. The van der Waals surface area contributed by atoms with Crippen LogP contribution in [0.25, 0.3) is 5.82 Å². The Morgan fingerprint density at radius 3 is 2.66 bits per heavy atom. The molecule has 3 N–H and O–H groups in total. The Balaban J connectivity index is 1.62. The number of nitrogens with one attached hydrogen (secondary N) is 1. The van der Waals surface area contributed by atoms with Gasteiger partial charge in [-0.25, -0.2) is 10.1 Å². The van der Waals surface area contributed by atoms with E-state index in [9.17, 15) is 4.79 Å². The van der Waals surface area contributed by atoms with Crippen molar-refractivity contribution >= 4 is 17.4 Å². The molecule has 11 nitrogen and oxygen atoms in total. The van der Waals surface area contributed by atoms with Crippen molar-refractivity contribution in [1.82, 2.24) is 35.6 Å². The number of hydrogen-bond donors (Lipinski definition) is 2. The van der Waals surface area contributed by atoms with Gasteiger partial charge in [0.2, 0.25) is 11.6 Å². The van der Waals surface area contributed by atoms with Crippen LogP contribution >= 0.6 is 0 Å². The van der Waals surface area contributed by atoms with Crippen LogP contribution in [0.3, 0.4) is 0 Å². The second-order valence-corrected chi connectivity index (χ2v) is 7.72. The number of benzene rings is 1. The Kier molecular flexibility index (Phi) is 6.85. The summed E-state index contributed by atoms with van der Waals surface area (Å²) < 4.78 is 6.14. The van der Waals surface area contributed by atoms with E-state index in [1.807, 2.05) is 30.3 Å². The number of nitrogens with zero attached hydrogens (tertiary/aromatic N) is 7. The molecular formula is C21H27N9O2. The van der Waals surface area contributed by atoms with Crippen LogP contribution in [0.15, 0.2) is 40.1 Å². The zero-order valence-electron chi connectivity index (χ0n) is 18.1. The number of anilines is 1. The van der Waals surface area contributed by atoms with Gasteiger partial charge < -0.3 is 5.73 Å². The fourth-order valence-corrected chi connectivity index (χ4v) is 3.76. The van der Waals surface area contributed by atoms with Gasteiger partial charge in [0.15, 0.2) is 5.69 Å². The molecule has 0 unspecified atom stereocenters. The smallest absolute Gasteiger partial charge is 0.293 e. The molecule has 1 saturated heterocycles. The summed E-state index contributed by atoms with van der Waals surface area (Å²) in [5.74, 6) is -0.153. The molecule has 32 heavy (non-hydrogen) atoms. The molecule has 1 amide bonds. The van der Waals surface area contributed by atoms with Crippen LogP contribution in [0.5, 0.6) is 0 Å². The molecular weight excluding hydrogens is 410 g/mol. The van der Waals surface area contributed by atoms with Crippen molar-refractivity contribution in [3.8, 4) is 5.82 Å². The third-order valence-electron chi connectivity index (χ3n) is 5.38. The van der Waals surface area contributed by atoms with Crippen molar-refractivity contribution in [2.45, 2.75) is 45.6 Å². The second kappa shape index (κ2) is 10.1.